The summed E-state index contributed by atoms with van der Waals surface area (Å²) in [6, 6.07) is 9.29. The van der Waals surface area contributed by atoms with E-state index < -0.39 is 17.7 Å². The molecule has 0 bridgehead atoms. The predicted molar refractivity (Wildman–Crippen MR) is 114 cm³/mol. The molecule has 0 aliphatic rings. The van der Waals surface area contributed by atoms with Crippen LogP contribution in [-0.2, 0) is 9.53 Å². The average molecular weight is 469 g/mol. The number of carbonyl (C=O) groups is 1. The van der Waals surface area contributed by atoms with Gasteiger partial charge in [-0.05, 0) is 73.0 Å². The third kappa shape index (κ3) is 4.35. The second kappa shape index (κ2) is 7.51. The number of benzene rings is 2. The summed E-state index contributed by atoms with van der Waals surface area (Å²) in [7, 11) is 0. The van der Waals surface area contributed by atoms with Crippen LogP contribution in [0.1, 0.15) is 38.0 Å². The lowest BCUT2D eigenvalue weighted by Crippen LogP contribution is -2.28. The fraction of sp³-hybridized carbons (Fsp3) is 0.300. The molecule has 2 aromatic carbocycles. The van der Waals surface area contributed by atoms with Crippen molar-refractivity contribution in [2.45, 2.75) is 39.4 Å². The van der Waals surface area contributed by atoms with Gasteiger partial charge in [0.05, 0.1) is 15.8 Å². The van der Waals surface area contributed by atoms with Gasteiger partial charge < -0.3 is 9.84 Å². The summed E-state index contributed by atoms with van der Waals surface area (Å²) in [6.45, 7) is 7.44. The number of fused-ring (bicyclic) bond motifs is 1. The first-order valence-electron chi connectivity index (χ1n) is 8.33. The lowest BCUT2D eigenvalue weighted by Gasteiger charge is -2.28. The van der Waals surface area contributed by atoms with Gasteiger partial charge in [-0.15, -0.1) is 11.3 Å². The molecule has 7 heteroatoms. The van der Waals surface area contributed by atoms with Crippen LogP contribution < -0.4 is 0 Å². The lowest BCUT2D eigenvalue weighted by atomic mass is 9.91. The van der Waals surface area contributed by atoms with Gasteiger partial charge in [-0.25, -0.2) is 9.78 Å². The zero-order valence-corrected chi connectivity index (χ0v) is 18.5. The molecule has 4 nitrogen and oxygen atoms in total. The molecule has 0 radical (unpaired) electrons. The predicted octanol–water partition coefficient (Wildman–Crippen LogP) is 6.63. The van der Waals surface area contributed by atoms with Gasteiger partial charge in [-0.1, -0.05) is 23.7 Å². The van der Waals surface area contributed by atoms with Crippen LogP contribution in [0.2, 0.25) is 5.02 Å². The molecule has 1 atom stereocenters. The summed E-state index contributed by atoms with van der Waals surface area (Å²) < 4.78 is 7.61. The first-order chi connectivity index (χ1) is 12.6. The van der Waals surface area contributed by atoms with E-state index in [1.165, 1.54) is 11.3 Å². The Kier molecular flexibility index (Phi) is 5.64. The fourth-order valence-electron chi connectivity index (χ4n) is 3.01. The molecule has 142 valence electrons. The van der Waals surface area contributed by atoms with Gasteiger partial charge in [-0.2, -0.15) is 0 Å². The van der Waals surface area contributed by atoms with Crippen molar-refractivity contribution in [1.82, 2.24) is 4.98 Å². The van der Waals surface area contributed by atoms with Crippen LogP contribution in [0.15, 0.2) is 34.2 Å². The van der Waals surface area contributed by atoms with E-state index in [0.717, 1.165) is 30.8 Å². The number of nitrogens with zero attached hydrogens (tertiary/aromatic N) is 1. The molecule has 3 rings (SSSR count). The van der Waals surface area contributed by atoms with Gasteiger partial charge in [0.2, 0.25) is 0 Å². The second-order valence-electron chi connectivity index (χ2n) is 7.25. The number of aliphatic carboxylic acids is 1. The molecule has 0 aliphatic carbocycles. The third-order valence-corrected chi connectivity index (χ3v) is 5.78. The van der Waals surface area contributed by atoms with E-state index in [1.807, 2.05) is 45.9 Å². The van der Waals surface area contributed by atoms with E-state index >= 15 is 0 Å². The summed E-state index contributed by atoms with van der Waals surface area (Å²) in [5.74, 6) is -1.02. The number of thiazole rings is 1. The quantitative estimate of drug-likeness (QED) is 0.467. The molecule has 27 heavy (non-hydrogen) atoms. The highest BCUT2D eigenvalue weighted by atomic mass is 79.9. The highest BCUT2D eigenvalue weighted by Crippen LogP contribution is 2.43. The molecular formula is C20H19BrClNO3S. The number of hydrogen-bond acceptors (Lipinski definition) is 4. The lowest BCUT2D eigenvalue weighted by molar-refractivity contribution is -0.160. The number of aryl methyl sites for hydroxylation is 1. The zero-order valence-electron chi connectivity index (χ0n) is 15.3. The SMILES string of the molecule is Cc1cc2nc(Br)sc2c(-c2ccc(Cl)cc2)c1C(OC(C)(C)C)C(=O)O. The van der Waals surface area contributed by atoms with Crippen LogP contribution in [0, 0.1) is 6.92 Å². The van der Waals surface area contributed by atoms with Gasteiger partial charge in [0.15, 0.2) is 10.0 Å². The molecule has 0 fully saturated rings. The maximum absolute atomic E-state index is 12.1. The molecule has 0 aliphatic heterocycles. The third-order valence-electron chi connectivity index (χ3n) is 3.99. The van der Waals surface area contributed by atoms with Crippen LogP contribution >= 0.6 is 38.9 Å². The van der Waals surface area contributed by atoms with Gasteiger partial charge >= 0.3 is 5.97 Å². The van der Waals surface area contributed by atoms with Gasteiger partial charge in [0.1, 0.15) is 0 Å². The summed E-state index contributed by atoms with van der Waals surface area (Å²) >= 11 is 11.0. The highest BCUT2D eigenvalue weighted by molar-refractivity contribution is 9.11. The van der Waals surface area contributed by atoms with Crippen molar-refractivity contribution < 1.29 is 14.6 Å². The Hall–Kier alpha value is -1.47. The molecule has 0 saturated heterocycles. The Labute approximate surface area is 175 Å². The number of carboxylic acids is 1. The van der Waals surface area contributed by atoms with Gasteiger partial charge in [-0.3, -0.25) is 0 Å². The number of rotatable bonds is 4. The number of ether oxygens (including phenoxy) is 1. The van der Waals surface area contributed by atoms with Gasteiger partial charge in [0, 0.05) is 16.1 Å². The van der Waals surface area contributed by atoms with Crippen molar-refractivity contribution in [2.24, 2.45) is 0 Å². The van der Waals surface area contributed by atoms with Crippen molar-refractivity contribution in [3.8, 4) is 11.1 Å². The van der Waals surface area contributed by atoms with Crippen LogP contribution in [-0.4, -0.2) is 21.7 Å². The van der Waals surface area contributed by atoms with Crippen LogP contribution in [0.5, 0.6) is 0 Å². The Morgan fingerprint density at radius 3 is 2.48 bits per heavy atom. The summed E-state index contributed by atoms with van der Waals surface area (Å²) in [5, 5.41) is 10.6. The standard InChI is InChI=1S/C20H19BrClNO3S/c1-10-9-13-17(27-19(21)23-13)15(11-5-7-12(22)8-6-11)14(10)16(18(24)25)26-20(2,3)4/h5-9,16H,1-4H3,(H,24,25). The second-order valence-corrected chi connectivity index (χ2v) is 9.96. The average Bonchev–Trinajstić information content (AvgIpc) is 2.91. The number of aromatic nitrogens is 1. The van der Waals surface area contributed by atoms with E-state index in [9.17, 15) is 9.90 Å². The number of hydrogen-bond donors (Lipinski definition) is 1. The number of carboxylic acid groups (broad SMARTS) is 1. The summed E-state index contributed by atoms with van der Waals surface area (Å²) in [5.41, 5.74) is 3.36. The molecule has 1 unspecified atom stereocenters. The normalized spacial score (nSPS) is 13.1. The van der Waals surface area contributed by atoms with Crippen molar-refractivity contribution in [3.63, 3.8) is 0 Å². The maximum Gasteiger partial charge on any atom is 0.337 e. The smallest absolute Gasteiger partial charge is 0.337 e. The van der Waals surface area contributed by atoms with E-state index in [2.05, 4.69) is 20.9 Å². The van der Waals surface area contributed by atoms with Crippen LogP contribution in [0.3, 0.4) is 0 Å². The molecular weight excluding hydrogens is 450 g/mol. The Morgan fingerprint density at radius 1 is 1.30 bits per heavy atom. The molecule has 0 amide bonds. The Bertz CT molecular complexity index is 1010. The molecule has 1 N–H and O–H groups in total. The minimum atomic E-state index is -1.10. The van der Waals surface area contributed by atoms with Crippen molar-refractivity contribution in [1.29, 1.82) is 0 Å². The minimum Gasteiger partial charge on any atom is -0.479 e. The highest BCUT2D eigenvalue weighted by Gasteiger charge is 2.32. The first kappa shape index (κ1) is 20.3. The molecule has 0 spiro atoms. The molecule has 1 heterocycles. The summed E-state index contributed by atoms with van der Waals surface area (Å²) in [4.78, 5) is 16.7. The van der Waals surface area contributed by atoms with E-state index in [4.69, 9.17) is 16.3 Å². The largest absolute Gasteiger partial charge is 0.479 e. The molecule has 3 aromatic rings. The Balaban J connectivity index is 2.36. The van der Waals surface area contributed by atoms with Crippen molar-refractivity contribution in [2.75, 3.05) is 0 Å². The minimum absolute atomic E-state index is 0.615. The molecule has 0 saturated carbocycles. The van der Waals surface area contributed by atoms with Crippen LogP contribution in [0.25, 0.3) is 21.3 Å². The number of halogens is 2. The Morgan fingerprint density at radius 2 is 1.93 bits per heavy atom. The topological polar surface area (TPSA) is 59.4 Å². The van der Waals surface area contributed by atoms with Crippen LogP contribution in [0.4, 0.5) is 0 Å². The monoisotopic (exact) mass is 467 g/mol. The van der Waals surface area contributed by atoms with E-state index in [0.29, 0.717) is 10.6 Å². The van der Waals surface area contributed by atoms with Crippen molar-refractivity contribution >= 4 is 55.1 Å². The summed E-state index contributed by atoms with van der Waals surface area (Å²) in [6.07, 6.45) is -1.10. The zero-order chi connectivity index (χ0) is 19.9. The van der Waals surface area contributed by atoms with E-state index in [-0.39, 0.29) is 0 Å². The fourth-order valence-corrected chi connectivity index (χ4v) is 4.67. The van der Waals surface area contributed by atoms with E-state index in [1.54, 1.807) is 12.1 Å². The van der Waals surface area contributed by atoms with Gasteiger partial charge in [0.25, 0.3) is 0 Å². The van der Waals surface area contributed by atoms with Crippen molar-refractivity contribution in [3.05, 3.63) is 50.4 Å². The maximum atomic E-state index is 12.1. The molecule has 1 aromatic heterocycles. The first-order valence-corrected chi connectivity index (χ1v) is 10.3.